The predicted molar refractivity (Wildman–Crippen MR) is 66.4 cm³/mol. The molecule has 0 bridgehead atoms. The minimum atomic E-state index is -0.710. The number of rotatable bonds is 2. The maximum Gasteiger partial charge on any atom is 0.304 e. The van der Waals surface area contributed by atoms with Crippen LogP contribution in [0.2, 0.25) is 0 Å². The van der Waals surface area contributed by atoms with Crippen LogP contribution in [-0.2, 0) is 11.2 Å². The normalized spacial score (nSPS) is 18.5. The molecule has 0 amide bonds. The lowest BCUT2D eigenvalue weighted by Crippen LogP contribution is -2.03. The number of carboxylic acid groups (broad SMARTS) is 1. The Morgan fingerprint density at radius 2 is 2.35 bits per heavy atom. The van der Waals surface area contributed by atoms with Gasteiger partial charge in [0.05, 0.1) is 6.42 Å². The summed E-state index contributed by atoms with van der Waals surface area (Å²) in [5.74, 6) is -0.548. The highest BCUT2D eigenvalue weighted by molar-refractivity contribution is 5.86. The molecule has 88 valence electrons. The Bertz CT molecular complexity index is 598. The van der Waals surface area contributed by atoms with E-state index >= 15 is 0 Å². The maximum atomic E-state index is 10.8. The molecule has 2 N–H and O–H groups in total. The number of aromatic amines is 1. The van der Waals surface area contributed by atoms with Crippen LogP contribution in [0.25, 0.3) is 10.9 Å². The molecule has 1 aromatic heterocycles. The maximum absolute atomic E-state index is 10.8. The van der Waals surface area contributed by atoms with Crippen LogP contribution < -0.4 is 0 Å². The molecule has 0 aliphatic heterocycles. The number of aryl methyl sites for hydroxylation is 2. The molecule has 1 aliphatic rings. The second-order valence-electron chi connectivity index (χ2n) is 4.90. The van der Waals surface area contributed by atoms with Crippen LogP contribution in [0.4, 0.5) is 0 Å². The monoisotopic (exact) mass is 229 g/mol. The van der Waals surface area contributed by atoms with Gasteiger partial charge in [-0.3, -0.25) is 4.79 Å². The molecule has 2 aromatic rings. The zero-order valence-electron chi connectivity index (χ0n) is 9.79. The molecule has 0 fully saturated rings. The van der Waals surface area contributed by atoms with Gasteiger partial charge in [0.15, 0.2) is 0 Å². The number of aliphatic carboxylic acids is 1. The molecule has 17 heavy (non-hydrogen) atoms. The number of carboxylic acids is 1. The fourth-order valence-corrected chi connectivity index (χ4v) is 2.88. The Kier molecular flexibility index (Phi) is 2.21. The number of carbonyl (C=O) groups is 1. The summed E-state index contributed by atoms with van der Waals surface area (Å²) in [5.41, 5.74) is 4.86. The summed E-state index contributed by atoms with van der Waals surface area (Å²) in [4.78, 5) is 14.2. The fraction of sp³-hybridized carbons (Fsp3) is 0.357. The lowest BCUT2D eigenvalue weighted by atomic mass is 10.0. The van der Waals surface area contributed by atoms with Gasteiger partial charge in [0.2, 0.25) is 0 Å². The number of benzene rings is 1. The van der Waals surface area contributed by atoms with E-state index in [1.54, 1.807) is 0 Å². The summed E-state index contributed by atoms with van der Waals surface area (Å²) in [6.45, 7) is 2.09. The van der Waals surface area contributed by atoms with E-state index in [9.17, 15) is 4.79 Å². The predicted octanol–water partition coefficient (Wildman–Crippen LogP) is 2.98. The Morgan fingerprint density at radius 3 is 3.12 bits per heavy atom. The number of hydrogen-bond acceptors (Lipinski definition) is 1. The molecule has 1 heterocycles. The van der Waals surface area contributed by atoms with Gasteiger partial charge in [0.1, 0.15) is 0 Å². The van der Waals surface area contributed by atoms with Gasteiger partial charge in [-0.2, -0.15) is 0 Å². The molecule has 1 aliphatic carbocycles. The summed E-state index contributed by atoms with van der Waals surface area (Å²) in [5, 5.41) is 10.2. The average molecular weight is 229 g/mol. The van der Waals surface area contributed by atoms with E-state index in [1.807, 2.05) is 0 Å². The van der Waals surface area contributed by atoms with Crippen molar-refractivity contribution in [2.75, 3.05) is 0 Å². The molecule has 3 nitrogen and oxygen atoms in total. The Morgan fingerprint density at radius 1 is 1.53 bits per heavy atom. The first-order valence-electron chi connectivity index (χ1n) is 5.98. The van der Waals surface area contributed by atoms with Gasteiger partial charge in [-0.15, -0.1) is 0 Å². The Hall–Kier alpha value is -1.77. The highest BCUT2D eigenvalue weighted by Gasteiger charge is 2.28. The van der Waals surface area contributed by atoms with E-state index in [1.165, 1.54) is 16.5 Å². The van der Waals surface area contributed by atoms with Crippen molar-refractivity contribution in [1.29, 1.82) is 0 Å². The van der Waals surface area contributed by atoms with E-state index in [4.69, 9.17) is 5.11 Å². The average Bonchev–Trinajstić information content (AvgIpc) is 2.78. The molecule has 0 saturated heterocycles. The largest absolute Gasteiger partial charge is 0.481 e. The zero-order valence-corrected chi connectivity index (χ0v) is 9.79. The smallest absolute Gasteiger partial charge is 0.304 e. The second-order valence-corrected chi connectivity index (χ2v) is 4.90. The van der Waals surface area contributed by atoms with Gasteiger partial charge in [-0.1, -0.05) is 11.6 Å². The SMILES string of the molecule is Cc1ccc2[nH]c3c(c2c1)CC[C@H]3CC(=O)O. The number of aromatic nitrogens is 1. The number of nitrogens with one attached hydrogen (secondary N) is 1. The molecule has 0 radical (unpaired) electrons. The summed E-state index contributed by atoms with van der Waals surface area (Å²) >= 11 is 0. The van der Waals surface area contributed by atoms with Crippen molar-refractivity contribution < 1.29 is 9.90 Å². The van der Waals surface area contributed by atoms with Crippen molar-refractivity contribution in [2.24, 2.45) is 0 Å². The first-order valence-corrected chi connectivity index (χ1v) is 5.98. The number of hydrogen-bond donors (Lipinski definition) is 2. The highest BCUT2D eigenvalue weighted by Crippen LogP contribution is 2.39. The van der Waals surface area contributed by atoms with Crippen molar-refractivity contribution in [1.82, 2.24) is 4.98 Å². The van der Waals surface area contributed by atoms with Crippen molar-refractivity contribution >= 4 is 16.9 Å². The van der Waals surface area contributed by atoms with Gasteiger partial charge in [0.25, 0.3) is 0 Å². The molecule has 1 atom stereocenters. The lowest BCUT2D eigenvalue weighted by Gasteiger charge is -2.05. The molecule has 0 saturated carbocycles. The minimum absolute atomic E-state index is 0.162. The van der Waals surface area contributed by atoms with Crippen LogP contribution >= 0.6 is 0 Å². The standard InChI is InChI=1S/C14H15NO2/c1-8-2-5-12-11(6-8)10-4-3-9(7-13(16)17)14(10)15-12/h2,5-6,9,15H,3-4,7H2,1H3,(H,16,17)/t9-/m0/s1. The Labute approximate surface area is 99.5 Å². The first-order chi connectivity index (χ1) is 8.15. The van der Waals surface area contributed by atoms with Crippen LogP contribution in [0.5, 0.6) is 0 Å². The summed E-state index contributed by atoms with van der Waals surface area (Å²) in [6.07, 6.45) is 2.19. The van der Waals surface area contributed by atoms with Crippen LogP contribution in [0.15, 0.2) is 18.2 Å². The number of fused-ring (bicyclic) bond motifs is 3. The highest BCUT2D eigenvalue weighted by atomic mass is 16.4. The molecule has 0 spiro atoms. The quantitative estimate of drug-likeness (QED) is 0.831. The molecular weight excluding hydrogens is 214 g/mol. The van der Waals surface area contributed by atoms with E-state index in [-0.39, 0.29) is 12.3 Å². The van der Waals surface area contributed by atoms with Crippen molar-refractivity contribution in [3.63, 3.8) is 0 Å². The van der Waals surface area contributed by atoms with Gasteiger partial charge >= 0.3 is 5.97 Å². The third kappa shape index (κ3) is 1.62. The lowest BCUT2D eigenvalue weighted by molar-refractivity contribution is -0.137. The second kappa shape index (κ2) is 3.62. The first kappa shape index (κ1) is 10.4. The third-order valence-electron chi connectivity index (χ3n) is 3.67. The van der Waals surface area contributed by atoms with E-state index in [0.29, 0.717) is 0 Å². The van der Waals surface area contributed by atoms with Crippen LogP contribution in [0.3, 0.4) is 0 Å². The van der Waals surface area contributed by atoms with Gasteiger partial charge in [0, 0.05) is 22.5 Å². The van der Waals surface area contributed by atoms with E-state index in [2.05, 4.69) is 30.1 Å². The van der Waals surface area contributed by atoms with Crippen LogP contribution in [0, 0.1) is 6.92 Å². The summed E-state index contributed by atoms with van der Waals surface area (Å²) in [6, 6.07) is 6.36. The van der Waals surface area contributed by atoms with Gasteiger partial charge in [-0.25, -0.2) is 0 Å². The van der Waals surface area contributed by atoms with Crippen LogP contribution in [0.1, 0.15) is 35.6 Å². The summed E-state index contributed by atoms with van der Waals surface area (Å²) in [7, 11) is 0. The van der Waals surface area contributed by atoms with Gasteiger partial charge < -0.3 is 10.1 Å². The third-order valence-corrected chi connectivity index (χ3v) is 3.67. The van der Waals surface area contributed by atoms with Crippen molar-refractivity contribution in [2.45, 2.75) is 32.1 Å². The molecule has 0 unspecified atom stereocenters. The number of H-pyrrole nitrogens is 1. The van der Waals surface area contributed by atoms with E-state index < -0.39 is 5.97 Å². The van der Waals surface area contributed by atoms with Crippen molar-refractivity contribution in [3.05, 3.63) is 35.0 Å². The minimum Gasteiger partial charge on any atom is -0.481 e. The molecular formula is C14H15NO2. The summed E-state index contributed by atoms with van der Waals surface area (Å²) < 4.78 is 0. The Balaban J connectivity index is 2.10. The van der Waals surface area contributed by atoms with Crippen LogP contribution in [-0.4, -0.2) is 16.1 Å². The molecule has 3 rings (SSSR count). The van der Waals surface area contributed by atoms with Crippen molar-refractivity contribution in [3.8, 4) is 0 Å². The topological polar surface area (TPSA) is 53.1 Å². The zero-order chi connectivity index (χ0) is 12.0. The van der Waals surface area contributed by atoms with Gasteiger partial charge in [-0.05, 0) is 37.5 Å². The molecule has 1 aromatic carbocycles. The fourth-order valence-electron chi connectivity index (χ4n) is 2.88. The van der Waals surface area contributed by atoms with E-state index in [0.717, 1.165) is 24.1 Å². The molecule has 3 heteroatoms.